The van der Waals surface area contributed by atoms with Gasteiger partial charge >= 0.3 is 0 Å². The standard InChI is InChI=1S/C15H14ClFN2O3S/c1-19(2)23(21,22)12-6-4-11(5-7-12)18-15(20)13-8-3-10(16)9-14(13)17/h3-9H,1-2H3,(H,18,20). The van der Waals surface area contributed by atoms with Crippen LogP contribution in [-0.2, 0) is 10.0 Å². The Bertz CT molecular complexity index is 836. The number of hydrogen-bond acceptors (Lipinski definition) is 3. The number of rotatable bonds is 4. The van der Waals surface area contributed by atoms with Crippen LogP contribution in [0.15, 0.2) is 47.4 Å². The lowest BCUT2D eigenvalue weighted by atomic mass is 10.2. The number of halogens is 2. The molecule has 1 N–H and O–H groups in total. The van der Waals surface area contributed by atoms with E-state index in [1.54, 1.807) is 0 Å². The zero-order valence-corrected chi connectivity index (χ0v) is 14.0. The second-order valence-corrected chi connectivity index (χ2v) is 7.48. The molecule has 1 amide bonds. The molecule has 0 aromatic heterocycles. The second-order valence-electron chi connectivity index (χ2n) is 4.89. The predicted molar refractivity (Wildman–Crippen MR) is 86.7 cm³/mol. The third-order valence-corrected chi connectivity index (χ3v) is 5.13. The molecular formula is C15H14ClFN2O3S. The molecule has 122 valence electrons. The second kappa shape index (κ2) is 6.66. The third-order valence-electron chi connectivity index (χ3n) is 3.07. The van der Waals surface area contributed by atoms with Crippen molar-refractivity contribution in [3.05, 3.63) is 58.9 Å². The predicted octanol–water partition coefficient (Wildman–Crippen LogP) is 2.98. The van der Waals surface area contributed by atoms with Crippen molar-refractivity contribution in [2.45, 2.75) is 4.90 Å². The van der Waals surface area contributed by atoms with Crippen molar-refractivity contribution < 1.29 is 17.6 Å². The molecule has 0 spiro atoms. The Morgan fingerprint density at radius 1 is 1.13 bits per heavy atom. The van der Waals surface area contributed by atoms with E-state index in [-0.39, 0.29) is 15.5 Å². The van der Waals surface area contributed by atoms with Crippen molar-refractivity contribution in [3.63, 3.8) is 0 Å². The first-order valence-electron chi connectivity index (χ1n) is 6.51. The number of hydrogen-bond donors (Lipinski definition) is 1. The van der Waals surface area contributed by atoms with E-state index in [1.807, 2.05) is 0 Å². The van der Waals surface area contributed by atoms with Gasteiger partial charge in [0.25, 0.3) is 5.91 Å². The lowest BCUT2D eigenvalue weighted by molar-refractivity contribution is 0.102. The van der Waals surface area contributed by atoms with Crippen molar-refractivity contribution in [3.8, 4) is 0 Å². The molecule has 0 aliphatic rings. The summed E-state index contributed by atoms with van der Waals surface area (Å²) in [5, 5.41) is 2.69. The fourth-order valence-electron chi connectivity index (χ4n) is 1.79. The van der Waals surface area contributed by atoms with Crippen LogP contribution in [0.2, 0.25) is 5.02 Å². The Morgan fingerprint density at radius 3 is 2.26 bits per heavy atom. The van der Waals surface area contributed by atoms with Crippen LogP contribution in [-0.4, -0.2) is 32.7 Å². The van der Waals surface area contributed by atoms with E-state index in [4.69, 9.17) is 11.6 Å². The van der Waals surface area contributed by atoms with E-state index in [9.17, 15) is 17.6 Å². The maximum Gasteiger partial charge on any atom is 0.258 e. The van der Waals surface area contributed by atoms with E-state index in [0.29, 0.717) is 5.69 Å². The van der Waals surface area contributed by atoms with Crippen LogP contribution >= 0.6 is 11.6 Å². The van der Waals surface area contributed by atoms with Crippen molar-refractivity contribution >= 4 is 33.2 Å². The van der Waals surface area contributed by atoms with Gasteiger partial charge in [-0.05, 0) is 42.5 Å². The van der Waals surface area contributed by atoms with E-state index >= 15 is 0 Å². The molecule has 0 saturated heterocycles. The van der Waals surface area contributed by atoms with Crippen LogP contribution in [0.1, 0.15) is 10.4 Å². The summed E-state index contributed by atoms with van der Waals surface area (Å²) >= 11 is 5.63. The summed E-state index contributed by atoms with van der Waals surface area (Å²) in [6.07, 6.45) is 0. The minimum absolute atomic E-state index is 0.0955. The molecule has 0 atom stereocenters. The summed E-state index contributed by atoms with van der Waals surface area (Å²) < 4.78 is 38.6. The van der Waals surface area contributed by atoms with Crippen molar-refractivity contribution in [1.82, 2.24) is 4.31 Å². The number of anilines is 1. The number of amides is 1. The first-order chi connectivity index (χ1) is 10.7. The summed E-state index contributed by atoms with van der Waals surface area (Å²) in [6.45, 7) is 0. The highest BCUT2D eigenvalue weighted by atomic mass is 35.5. The summed E-state index contributed by atoms with van der Waals surface area (Å²) in [4.78, 5) is 12.1. The molecule has 0 heterocycles. The van der Waals surface area contributed by atoms with Gasteiger partial charge in [-0.3, -0.25) is 4.79 Å². The highest BCUT2D eigenvalue weighted by Gasteiger charge is 2.17. The average Bonchev–Trinajstić information content (AvgIpc) is 2.47. The normalized spacial score (nSPS) is 11.5. The lowest BCUT2D eigenvalue weighted by Crippen LogP contribution is -2.22. The third kappa shape index (κ3) is 3.87. The monoisotopic (exact) mass is 356 g/mol. The Morgan fingerprint density at radius 2 is 1.74 bits per heavy atom. The van der Waals surface area contributed by atoms with Crippen molar-refractivity contribution in [2.24, 2.45) is 0 Å². The van der Waals surface area contributed by atoms with Crippen LogP contribution < -0.4 is 5.32 Å². The number of carbonyl (C=O) groups excluding carboxylic acids is 1. The molecule has 8 heteroatoms. The van der Waals surface area contributed by atoms with Gasteiger partial charge in [-0.2, -0.15) is 0 Å². The SMILES string of the molecule is CN(C)S(=O)(=O)c1ccc(NC(=O)c2ccc(Cl)cc2F)cc1. The molecule has 2 rings (SSSR count). The number of nitrogens with zero attached hydrogens (tertiary/aromatic N) is 1. The van der Waals surface area contributed by atoms with Crippen LogP contribution in [0, 0.1) is 5.82 Å². The number of benzene rings is 2. The maximum absolute atomic E-state index is 13.7. The zero-order chi connectivity index (χ0) is 17.2. The van der Waals surface area contributed by atoms with Crippen LogP contribution in [0.4, 0.5) is 10.1 Å². The van der Waals surface area contributed by atoms with Crippen LogP contribution in [0.3, 0.4) is 0 Å². The summed E-state index contributed by atoms with van der Waals surface area (Å²) in [6, 6.07) is 9.32. The average molecular weight is 357 g/mol. The largest absolute Gasteiger partial charge is 0.322 e. The molecule has 0 unspecified atom stereocenters. The van der Waals surface area contributed by atoms with E-state index in [2.05, 4.69) is 5.32 Å². The van der Waals surface area contributed by atoms with E-state index < -0.39 is 21.7 Å². The van der Waals surface area contributed by atoms with Gasteiger partial charge in [-0.1, -0.05) is 11.6 Å². The van der Waals surface area contributed by atoms with E-state index in [1.165, 1.54) is 50.5 Å². The number of sulfonamides is 1. The van der Waals surface area contributed by atoms with Gasteiger partial charge in [0, 0.05) is 24.8 Å². The molecule has 0 fully saturated rings. The Kier molecular flexibility index (Phi) is 5.03. The highest BCUT2D eigenvalue weighted by Crippen LogP contribution is 2.19. The van der Waals surface area contributed by atoms with Gasteiger partial charge in [-0.25, -0.2) is 17.1 Å². The van der Waals surface area contributed by atoms with Crippen LogP contribution in [0.25, 0.3) is 0 Å². The molecule has 23 heavy (non-hydrogen) atoms. The molecule has 0 aliphatic heterocycles. The van der Waals surface area contributed by atoms with E-state index in [0.717, 1.165) is 10.4 Å². The fraction of sp³-hybridized carbons (Fsp3) is 0.133. The zero-order valence-electron chi connectivity index (χ0n) is 12.4. The lowest BCUT2D eigenvalue weighted by Gasteiger charge is -2.12. The topological polar surface area (TPSA) is 66.5 Å². The van der Waals surface area contributed by atoms with Crippen molar-refractivity contribution in [1.29, 1.82) is 0 Å². The minimum atomic E-state index is -3.54. The summed E-state index contributed by atoms with van der Waals surface area (Å²) in [5.74, 6) is -1.39. The molecule has 0 aliphatic carbocycles. The Balaban J connectivity index is 2.20. The molecule has 0 saturated carbocycles. The Labute approximate surface area is 138 Å². The fourth-order valence-corrected chi connectivity index (χ4v) is 2.85. The van der Waals surface area contributed by atoms with Gasteiger partial charge in [0.2, 0.25) is 10.0 Å². The molecular weight excluding hydrogens is 343 g/mol. The molecule has 0 radical (unpaired) electrons. The summed E-state index contributed by atoms with van der Waals surface area (Å²) in [7, 11) is -0.690. The molecule has 5 nitrogen and oxygen atoms in total. The van der Waals surface area contributed by atoms with Crippen molar-refractivity contribution in [2.75, 3.05) is 19.4 Å². The van der Waals surface area contributed by atoms with Gasteiger partial charge in [0.05, 0.1) is 10.5 Å². The quantitative estimate of drug-likeness (QED) is 0.915. The molecule has 2 aromatic rings. The van der Waals surface area contributed by atoms with Crippen LogP contribution in [0.5, 0.6) is 0 Å². The van der Waals surface area contributed by atoms with Gasteiger partial charge in [0.15, 0.2) is 0 Å². The first-order valence-corrected chi connectivity index (χ1v) is 8.32. The molecule has 2 aromatic carbocycles. The number of carbonyl (C=O) groups is 1. The minimum Gasteiger partial charge on any atom is -0.322 e. The Hall–Kier alpha value is -1.96. The highest BCUT2D eigenvalue weighted by molar-refractivity contribution is 7.89. The smallest absolute Gasteiger partial charge is 0.258 e. The maximum atomic E-state index is 13.7. The van der Waals surface area contributed by atoms with Gasteiger partial charge in [-0.15, -0.1) is 0 Å². The summed E-state index contributed by atoms with van der Waals surface area (Å²) in [5.41, 5.74) is 0.196. The number of nitrogens with one attached hydrogen (secondary N) is 1. The van der Waals surface area contributed by atoms with Gasteiger partial charge < -0.3 is 5.32 Å². The van der Waals surface area contributed by atoms with Gasteiger partial charge in [0.1, 0.15) is 5.82 Å². The molecule has 0 bridgehead atoms. The first kappa shape index (κ1) is 17.4.